The fourth-order valence-corrected chi connectivity index (χ4v) is 4.42. The van der Waals surface area contributed by atoms with Crippen LogP contribution >= 0.6 is 11.8 Å². The second kappa shape index (κ2) is 8.56. The first kappa shape index (κ1) is 19.9. The van der Waals surface area contributed by atoms with Crippen molar-refractivity contribution in [2.75, 3.05) is 0 Å². The normalized spacial score (nSPS) is 11.9. The van der Waals surface area contributed by atoms with Crippen LogP contribution in [0.2, 0.25) is 0 Å². The van der Waals surface area contributed by atoms with E-state index in [-0.39, 0.29) is 10.8 Å². The number of fused-ring (bicyclic) bond motifs is 1. The van der Waals surface area contributed by atoms with Crippen LogP contribution in [0.4, 0.5) is 0 Å². The van der Waals surface area contributed by atoms with Crippen LogP contribution in [0.25, 0.3) is 16.6 Å². The molecule has 0 fully saturated rings. The topological polar surface area (TPSA) is 58.7 Å². The molecule has 0 saturated heterocycles. The van der Waals surface area contributed by atoms with Gasteiger partial charge in [0.2, 0.25) is 0 Å². The monoisotopic (exact) mass is 411 g/mol. The molecule has 5 heteroatoms. The molecule has 0 bridgehead atoms. The molecule has 0 saturated carbocycles. The van der Waals surface area contributed by atoms with E-state index in [1.807, 2.05) is 80.6 Å². The Morgan fingerprint density at radius 1 is 1.00 bits per heavy atom. The fraction of sp³-hybridized carbons (Fsp3) is 0.160. The fourth-order valence-electron chi connectivity index (χ4n) is 3.40. The Bertz CT molecular complexity index is 1300. The Morgan fingerprint density at radius 2 is 1.70 bits per heavy atom. The SMILES string of the molecule is Cc1ccc(C[C@H](C#N)Sc2nc3ccccc3c(=O)n2-c2ccccc2C)cc1. The van der Waals surface area contributed by atoms with Gasteiger partial charge in [-0.1, -0.05) is 71.9 Å². The van der Waals surface area contributed by atoms with Crippen molar-refractivity contribution in [3.05, 3.63) is 99.8 Å². The first-order chi connectivity index (χ1) is 14.6. The van der Waals surface area contributed by atoms with E-state index in [2.05, 4.69) is 6.07 Å². The minimum Gasteiger partial charge on any atom is -0.268 e. The summed E-state index contributed by atoms with van der Waals surface area (Å²) < 4.78 is 1.64. The van der Waals surface area contributed by atoms with Gasteiger partial charge in [0.1, 0.15) is 5.25 Å². The third-order valence-corrected chi connectivity index (χ3v) is 6.08. The van der Waals surface area contributed by atoms with Gasteiger partial charge >= 0.3 is 0 Å². The Hall–Kier alpha value is -3.36. The Kier molecular flexibility index (Phi) is 5.69. The molecule has 1 aromatic heterocycles. The lowest BCUT2D eigenvalue weighted by atomic mass is 10.1. The lowest BCUT2D eigenvalue weighted by Crippen LogP contribution is -2.23. The molecular weight excluding hydrogens is 390 g/mol. The molecule has 1 atom stereocenters. The lowest BCUT2D eigenvalue weighted by Gasteiger charge is -2.17. The molecule has 4 rings (SSSR count). The van der Waals surface area contributed by atoms with Crippen molar-refractivity contribution in [1.29, 1.82) is 5.26 Å². The molecular formula is C25H21N3OS. The molecule has 0 aliphatic heterocycles. The van der Waals surface area contributed by atoms with Gasteiger partial charge in [-0.3, -0.25) is 9.36 Å². The number of thioether (sulfide) groups is 1. The number of hydrogen-bond donors (Lipinski definition) is 0. The minimum absolute atomic E-state index is 0.121. The third kappa shape index (κ3) is 4.00. The minimum atomic E-state index is -0.365. The summed E-state index contributed by atoms with van der Waals surface area (Å²) in [6.45, 7) is 4.01. The predicted molar refractivity (Wildman–Crippen MR) is 122 cm³/mol. The summed E-state index contributed by atoms with van der Waals surface area (Å²) in [6, 6.07) is 25.7. The van der Waals surface area contributed by atoms with E-state index in [1.165, 1.54) is 17.3 Å². The summed E-state index contributed by atoms with van der Waals surface area (Å²) in [5.41, 5.74) is 4.56. The van der Waals surface area contributed by atoms with Crippen molar-refractivity contribution < 1.29 is 0 Å². The number of nitriles is 1. The van der Waals surface area contributed by atoms with Crippen molar-refractivity contribution in [3.63, 3.8) is 0 Å². The largest absolute Gasteiger partial charge is 0.268 e. The van der Waals surface area contributed by atoms with E-state index in [9.17, 15) is 10.1 Å². The van der Waals surface area contributed by atoms with Gasteiger partial charge in [-0.05, 0) is 49.6 Å². The number of para-hydroxylation sites is 2. The maximum atomic E-state index is 13.4. The summed E-state index contributed by atoms with van der Waals surface area (Å²) in [4.78, 5) is 18.2. The van der Waals surface area contributed by atoms with E-state index >= 15 is 0 Å². The van der Waals surface area contributed by atoms with Gasteiger partial charge in [0.05, 0.1) is 22.7 Å². The van der Waals surface area contributed by atoms with E-state index in [1.54, 1.807) is 10.6 Å². The Labute approximate surface area is 179 Å². The van der Waals surface area contributed by atoms with Gasteiger partial charge in [0, 0.05) is 0 Å². The number of aryl methyl sites for hydroxylation is 2. The van der Waals surface area contributed by atoms with E-state index < -0.39 is 0 Å². The Morgan fingerprint density at radius 3 is 2.43 bits per heavy atom. The molecule has 30 heavy (non-hydrogen) atoms. The van der Waals surface area contributed by atoms with Crippen LogP contribution in [-0.4, -0.2) is 14.8 Å². The zero-order valence-electron chi connectivity index (χ0n) is 16.9. The van der Waals surface area contributed by atoms with Crippen LogP contribution in [-0.2, 0) is 6.42 Å². The number of rotatable bonds is 5. The van der Waals surface area contributed by atoms with Crippen molar-refractivity contribution in [1.82, 2.24) is 9.55 Å². The van der Waals surface area contributed by atoms with Crippen LogP contribution in [0, 0.1) is 25.2 Å². The molecule has 0 N–H and O–H groups in total. The zero-order chi connectivity index (χ0) is 21.1. The molecule has 4 nitrogen and oxygen atoms in total. The highest BCUT2D eigenvalue weighted by Crippen LogP contribution is 2.28. The van der Waals surface area contributed by atoms with Crippen LogP contribution in [0.1, 0.15) is 16.7 Å². The van der Waals surface area contributed by atoms with E-state index in [0.29, 0.717) is 22.5 Å². The summed E-state index contributed by atoms with van der Waals surface area (Å²) in [7, 11) is 0. The lowest BCUT2D eigenvalue weighted by molar-refractivity contribution is 0.810. The summed E-state index contributed by atoms with van der Waals surface area (Å²) in [5, 5.41) is 10.6. The first-order valence-corrected chi connectivity index (χ1v) is 10.6. The predicted octanol–water partition coefficient (Wildman–Crippen LogP) is 5.23. The second-order valence-electron chi connectivity index (χ2n) is 7.26. The highest BCUT2D eigenvalue weighted by atomic mass is 32.2. The molecule has 4 aromatic rings. The highest BCUT2D eigenvalue weighted by molar-refractivity contribution is 8.00. The van der Waals surface area contributed by atoms with Gasteiger partial charge < -0.3 is 0 Å². The average Bonchev–Trinajstić information content (AvgIpc) is 2.76. The molecule has 0 unspecified atom stereocenters. The van der Waals surface area contributed by atoms with Gasteiger partial charge in [-0.2, -0.15) is 5.26 Å². The number of aromatic nitrogens is 2. The highest BCUT2D eigenvalue weighted by Gasteiger charge is 2.19. The van der Waals surface area contributed by atoms with Gasteiger partial charge in [0.25, 0.3) is 5.56 Å². The van der Waals surface area contributed by atoms with E-state index in [0.717, 1.165) is 16.8 Å². The molecule has 0 amide bonds. The quantitative estimate of drug-likeness (QED) is 0.333. The summed E-state index contributed by atoms with van der Waals surface area (Å²) in [6.07, 6.45) is 0.581. The van der Waals surface area contributed by atoms with Crippen molar-refractivity contribution >= 4 is 22.7 Å². The van der Waals surface area contributed by atoms with Crippen LogP contribution in [0.5, 0.6) is 0 Å². The molecule has 0 spiro atoms. The van der Waals surface area contributed by atoms with Gasteiger partial charge in [-0.25, -0.2) is 4.98 Å². The number of hydrogen-bond acceptors (Lipinski definition) is 4. The molecule has 1 heterocycles. The zero-order valence-corrected chi connectivity index (χ0v) is 17.7. The molecule has 148 valence electrons. The van der Waals surface area contributed by atoms with Gasteiger partial charge in [0.15, 0.2) is 5.16 Å². The standard InChI is InChI=1S/C25H21N3OS/c1-17-11-13-19(14-12-17)15-20(16-26)30-25-27-22-9-5-4-8-21(22)24(29)28(25)23-10-6-3-7-18(23)2/h3-14,20H,15H2,1-2H3/t20-/m1/s1. The van der Waals surface area contributed by atoms with Gasteiger partial charge in [-0.15, -0.1) is 0 Å². The second-order valence-corrected chi connectivity index (χ2v) is 8.43. The first-order valence-electron chi connectivity index (χ1n) is 9.76. The van der Waals surface area contributed by atoms with Crippen molar-refractivity contribution in [2.45, 2.75) is 30.7 Å². The van der Waals surface area contributed by atoms with Crippen LogP contribution in [0.3, 0.4) is 0 Å². The number of nitrogens with zero attached hydrogens (tertiary/aromatic N) is 3. The summed E-state index contributed by atoms with van der Waals surface area (Å²) >= 11 is 1.34. The molecule has 0 aliphatic carbocycles. The third-order valence-electron chi connectivity index (χ3n) is 5.03. The number of benzene rings is 3. The Balaban J connectivity index is 1.81. The molecule has 0 radical (unpaired) electrons. The maximum absolute atomic E-state index is 13.4. The average molecular weight is 412 g/mol. The van der Waals surface area contributed by atoms with Crippen molar-refractivity contribution in [2.24, 2.45) is 0 Å². The molecule has 0 aliphatic rings. The van der Waals surface area contributed by atoms with E-state index in [4.69, 9.17) is 4.98 Å². The smallest absolute Gasteiger partial charge is 0.266 e. The summed E-state index contributed by atoms with van der Waals surface area (Å²) in [5.74, 6) is 0. The molecule has 3 aromatic carbocycles. The van der Waals surface area contributed by atoms with Crippen molar-refractivity contribution in [3.8, 4) is 11.8 Å². The maximum Gasteiger partial charge on any atom is 0.266 e. The van der Waals surface area contributed by atoms with Crippen LogP contribution in [0.15, 0.2) is 82.7 Å². The van der Waals surface area contributed by atoms with Crippen LogP contribution < -0.4 is 5.56 Å².